The molecule has 0 aliphatic carbocycles. The van der Waals surface area contributed by atoms with Gasteiger partial charge in [0.25, 0.3) is 0 Å². The highest BCUT2D eigenvalue weighted by atomic mass is 16.3. The molecular weight excluding hydrogens is 222 g/mol. The maximum atomic E-state index is 9.83. The quantitative estimate of drug-likeness (QED) is 0.789. The molecule has 2 aromatic carbocycles. The minimum atomic E-state index is -0.154. The summed E-state index contributed by atoms with van der Waals surface area (Å²) in [6.07, 6.45) is 0. The lowest BCUT2D eigenvalue weighted by molar-refractivity contribution is 0.468. The Hall–Kier alpha value is -1.96. The van der Waals surface area contributed by atoms with Crippen molar-refractivity contribution in [3.8, 4) is 5.75 Å². The van der Waals surface area contributed by atoms with Gasteiger partial charge in [0.2, 0.25) is 0 Å². The molecule has 0 spiro atoms. The Morgan fingerprint density at radius 3 is 2.06 bits per heavy atom. The number of aromatic hydroxyl groups is 1. The van der Waals surface area contributed by atoms with Gasteiger partial charge >= 0.3 is 0 Å². The molecular formula is C16H19NO. The first-order chi connectivity index (χ1) is 8.41. The molecule has 0 fully saturated rings. The summed E-state index contributed by atoms with van der Waals surface area (Å²) in [4.78, 5) is 0. The second-order valence-corrected chi connectivity index (χ2v) is 5.25. The predicted molar refractivity (Wildman–Crippen MR) is 75.8 cm³/mol. The number of anilines is 1. The highest BCUT2D eigenvalue weighted by Crippen LogP contribution is 2.34. The normalized spacial score (nSPS) is 11.5. The number of rotatable bonds is 2. The van der Waals surface area contributed by atoms with Crippen molar-refractivity contribution >= 4 is 5.69 Å². The van der Waals surface area contributed by atoms with Crippen molar-refractivity contribution in [1.82, 2.24) is 0 Å². The first-order valence-corrected chi connectivity index (χ1v) is 6.07. The number of nitrogen functional groups attached to an aromatic ring is 1. The third kappa shape index (κ3) is 2.19. The van der Waals surface area contributed by atoms with E-state index in [4.69, 9.17) is 5.73 Å². The molecule has 0 amide bonds. The SMILES string of the molecule is Cc1ccc(C(C)(C)c2ccc(N)cc2)cc1O. The first-order valence-electron chi connectivity index (χ1n) is 6.07. The Labute approximate surface area is 108 Å². The second-order valence-electron chi connectivity index (χ2n) is 5.25. The van der Waals surface area contributed by atoms with Gasteiger partial charge < -0.3 is 10.8 Å². The van der Waals surface area contributed by atoms with E-state index < -0.39 is 0 Å². The molecule has 0 aliphatic rings. The molecule has 2 nitrogen and oxygen atoms in total. The van der Waals surface area contributed by atoms with Crippen LogP contribution in [0.2, 0.25) is 0 Å². The zero-order chi connectivity index (χ0) is 13.3. The lowest BCUT2D eigenvalue weighted by Gasteiger charge is -2.26. The lowest BCUT2D eigenvalue weighted by Crippen LogP contribution is -2.18. The molecule has 0 saturated heterocycles. The average Bonchev–Trinajstić information content (AvgIpc) is 2.33. The van der Waals surface area contributed by atoms with E-state index in [-0.39, 0.29) is 5.41 Å². The molecule has 18 heavy (non-hydrogen) atoms. The van der Waals surface area contributed by atoms with Gasteiger partial charge in [0, 0.05) is 11.1 Å². The Morgan fingerprint density at radius 1 is 0.944 bits per heavy atom. The van der Waals surface area contributed by atoms with Crippen LogP contribution < -0.4 is 5.73 Å². The van der Waals surface area contributed by atoms with Crippen LogP contribution >= 0.6 is 0 Å². The van der Waals surface area contributed by atoms with Crippen LogP contribution in [0.4, 0.5) is 5.69 Å². The second kappa shape index (κ2) is 4.37. The Morgan fingerprint density at radius 2 is 1.50 bits per heavy atom. The molecule has 3 N–H and O–H groups in total. The monoisotopic (exact) mass is 241 g/mol. The molecule has 2 rings (SSSR count). The molecule has 0 aliphatic heterocycles. The van der Waals surface area contributed by atoms with E-state index >= 15 is 0 Å². The minimum absolute atomic E-state index is 0.154. The number of phenolic OH excluding ortho intramolecular Hbond substituents is 1. The standard InChI is InChI=1S/C16H19NO/c1-11-4-5-13(10-15(11)18)16(2,3)12-6-8-14(17)9-7-12/h4-10,18H,17H2,1-3H3. The van der Waals surface area contributed by atoms with E-state index in [0.717, 1.165) is 16.8 Å². The zero-order valence-electron chi connectivity index (χ0n) is 11.1. The van der Waals surface area contributed by atoms with Gasteiger partial charge in [-0.3, -0.25) is 0 Å². The van der Waals surface area contributed by atoms with Gasteiger partial charge in [0.15, 0.2) is 0 Å². The Bertz CT molecular complexity index is 556. The summed E-state index contributed by atoms with van der Waals surface area (Å²) in [5.74, 6) is 0.344. The summed E-state index contributed by atoms with van der Waals surface area (Å²) in [6, 6.07) is 13.7. The smallest absolute Gasteiger partial charge is 0.118 e. The number of aryl methyl sites for hydroxylation is 1. The Balaban J connectivity index is 2.46. The van der Waals surface area contributed by atoms with Crippen molar-refractivity contribution in [2.75, 3.05) is 5.73 Å². The average molecular weight is 241 g/mol. The van der Waals surface area contributed by atoms with Crippen LogP contribution in [0.3, 0.4) is 0 Å². The summed E-state index contributed by atoms with van der Waals surface area (Å²) in [7, 11) is 0. The number of hydrogen-bond acceptors (Lipinski definition) is 2. The van der Waals surface area contributed by atoms with E-state index in [2.05, 4.69) is 19.9 Å². The van der Waals surface area contributed by atoms with Gasteiger partial charge in [-0.05, 0) is 41.8 Å². The number of hydrogen-bond donors (Lipinski definition) is 2. The summed E-state index contributed by atoms with van der Waals surface area (Å²) >= 11 is 0. The molecule has 0 unspecified atom stereocenters. The number of nitrogens with two attached hydrogens (primary N) is 1. The van der Waals surface area contributed by atoms with Crippen molar-refractivity contribution < 1.29 is 5.11 Å². The van der Waals surface area contributed by atoms with Gasteiger partial charge in [-0.2, -0.15) is 0 Å². The van der Waals surface area contributed by atoms with Gasteiger partial charge in [-0.15, -0.1) is 0 Å². The van der Waals surface area contributed by atoms with Crippen molar-refractivity contribution in [3.05, 3.63) is 59.2 Å². The Kier molecular flexibility index (Phi) is 3.04. The molecule has 0 heterocycles. The zero-order valence-corrected chi connectivity index (χ0v) is 11.1. The largest absolute Gasteiger partial charge is 0.508 e. The van der Waals surface area contributed by atoms with E-state index in [1.807, 2.05) is 43.3 Å². The maximum absolute atomic E-state index is 9.83. The van der Waals surface area contributed by atoms with Crippen LogP contribution in [-0.2, 0) is 5.41 Å². The molecule has 94 valence electrons. The molecule has 0 aromatic heterocycles. The van der Waals surface area contributed by atoms with Crippen LogP contribution in [0, 0.1) is 6.92 Å². The van der Waals surface area contributed by atoms with Gasteiger partial charge in [-0.1, -0.05) is 38.1 Å². The third-order valence-corrected chi connectivity index (χ3v) is 3.56. The topological polar surface area (TPSA) is 46.2 Å². The summed E-state index contributed by atoms with van der Waals surface area (Å²) in [5, 5.41) is 9.83. The molecule has 2 heteroatoms. The fourth-order valence-corrected chi connectivity index (χ4v) is 2.06. The lowest BCUT2D eigenvalue weighted by atomic mass is 9.78. The van der Waals surface area contributed by atoms with Gasteiger partial charge in [0.05, 0.1) is 0 Å². The highest BCUT2D eigenvalue weighted by molar-refractivity contribution is 5.47. The van der Waals surface area contributed by atoms with E-state index in [1.54, 1.807) is 0 Å². The molecule has 0 atom stereocenters. The van der Waals surface area contributed by atoms with E-state index in [1.165, 1.54) is 5.56 Å². The van der Waals surface area contributed by atoms with Crippen molar-refractivity contribution in [2.24, 2.45) is 0 Å². The molecule has 0 saturated carbocycles. The number of phenols is 1. The van der Waals surface area contributed by atoms with Crippen LogP contribution in [0.5, 0.6) is 5.75 Å². The van der Waals surface area contributed by atoms with E-state index in [0.29, 0.717) is 5.75 Å². The minimum Gasteiger partial charge on any atom is -0.508 e. The van der Waals surface area contributed by atoms with Gasteiger partial charge in [0.1, 0.15) is 5.75 Å². The summed E-state index contributed by atoms with van der Waals surface area (Å²) < 4.78 is 0. The van der Waals surface area contributed by atoms with Crippen LogP contribution in [0.1, 0.15) is 30.5 Å². The first kappa shape index (κ1) is 12.5. The molecule has 0 radical (unpaired) electrons. The van der Waals surface area contributed by atoms with Crippen molar-refractivity contribution in [1.29, 1.82) is 0 Å². The fraction of sp³-hybridized carbons (Fsp3) is 0.250. The molecule has 2 aromatic rings. The predicted octanol–water partition coefficient (Wildman–Crippen LogP) is 3.61. The fourth-order valence-electron chi connectivity index (χ4n) is 2.06. The maximum Gasteiger partial charge on any atom is 0.118 e. The number of benzene rings is 2. The van der Waals surface area contributed by atoms with Crippen LogP contribution in [0.25, 0.3) is 0 Å². The summed E-state index contributed by atoms with van der Waals surface area (Å²) in [6.45, 7) is 6.18. The third-order valence-electron chi connectivity index (χ3n) is 3.56. The van der Waals surface area contributed by atoms with Crippen LogP contribution in [-0.4, -0.2) is 5.11 Å². The van der Waals surface area contributed by atoms with Crippen molar-refractivity contribution in [2.45, 2.75) is 26.2 Å². The van der Waals surface area contributed by atoms with Crippen LogP contribution in [0.15, 0.2) is 42.5 Å². The molecule has 0 bridgehead atoms. The van der Waals surface area contributed by atoms with Gasteiger partial charge in [-0.25, -0.2) is 0 Å². The van der Waals surface area contributed by atoms with Crippen molar-refractivity contribution in [3.63, 3.8) is 0 Å². The summed E-state index contributed by atoms with van der Waals surface area (Å²) in [5.41, 5.74) is 9.49. The highest BCUT2D eigenvalue weighted by Gasteiger charge is 2.23. The van der Waals surface area contributed by atoms with E-state index in [9.17, 15) is 5.11 Å².